The molecule has 1 N–H and O–H groups in total. The number of nitrogens with zero attached hydrogens (tertiary/aromatic N) is 2. The minimum absolute atomic E-state index is 0.633. The maximum absolute atomic E-state index is 10.7. The summed E-state index contributed by atoms with van der Waals surface area (Å²) in [7, 11) is 3.22. The summed E-state index contributed by atoms with van der Waals surface area (Å²) >= 11 is 0. The number of aliphatic hydroxyl groups excluding tert-OH is 1. The standard InChI is InChI=1S/C22H28N2O3/c1-26-20-11-10-19(17-21(20)27-2)22(25)24-15-13-23(14-16-24)12-6-9-18-7-4-3-5-8-18/h3-11,17,22,25H,12-16H2,1-2H3/b9-6+. The number of hydrogen-bond donors (Lipinski definition) is 1. The highest BCUT2D eigenvalue weighted by molar-refractivity contribution is 5.48. The van der Waals surface area contributed by atoms with Crippen molar-refractivity contribution in [2.24, 2.45) is 0 Å². The van der Waals surface area contributed by atoms with Gasteiger partial charge in [0.2, 0.25) is 0 Å². The Morgan fingerprint density at radius 3 is 2.33 bits per heavy atom. The molecule has 5 nitrogen and oxygen atoms in total. The van der Waals surface area contributed by atoms with Crippen LogP contribution in [0.5, 0.6) is 11.5 Å². The van der Waals surface area contributed by atoms with Crippen LogP contribution in [0.3, 0.4) is 0 Å². The molecule has 1 saturated heterocycles. The number of piperazine rings is 1. The van der Waals surface area contributed by atoms with E-state index in [2.05, 4.69) is 34.1 Å². The lowest BCUT2D eigenvalue weighted by Crippen LogP contribution is -2.47. The fraction of sp³-hybridized carbons (Fsp3) is 0.364. The minimum Gasteiger partial charge on any atom is -0.493 e. The van der Waals surface area contributed by atoms with Gasteiger partial charge in [-0.25, -0.2) is 0 Å². The van der Waals surface area contributed by atoms with Crippen LogP contribution in [0.25, 0.3) is 6.08 Å². The van der Waals surface area contributed by atoms with Crippen molar-refractivity contribution in [3.63, 3.8) is 0 Å². The second-order valence-corrected chi connectivity index (χ2v) is 6.64. The van der Waals surface area contributed by atoms with E-state index < -0.39 is 6.23 Å². The van der Waals surface area contributed by atoms with Crippen molar-refractivity contribution in [2.75, 3.05) is 46.9 Å². The molecule has 5 heteroatoms. The van der Waals surface area contributed by atoms with Crippen LogP contribution in [0.2, 0.25) is 0 Å². The molecule has 1 unspecified atom stereocenters. The van der Waals surface area contributed by atoms with Gasteiger partial charge in [0.1, 0.15) is 6.23 Å². The number of rotatable bonds is 7. The average Bonchev–Trinajstić information content (AvgIpc) is 2.74. The van der Waals surface area contributed by atoms with E-state index >= 15 is 0 Å². The predicted octanol–water partition coefficient (Wildman–Crippen LogP) is 3.03. The van der Waals surface area contributed by atoms with E-state index in [1.54, 1.807) is 14.2 Å². The quantitative estimate of drug-likeness (QED) is 0.814. The molecule has 144 valence electrons. The minimum atomic E-state index is -0.633. The van der Waals surface area contributed by atoms with E-state index in [-0.39, 0.29) is 0 Å². The van der Waals surface area contributed by atoms with Crippen LogP contribution in [0.15, 0.2) is 54.6 Å². The van der Waals surface area contributed by atoms with Gasteiger partial charge in [0.25, 0.3) is 0 Å². The summed E-state index contributed by atoms with van der Waals surface area (Å²) in [5, 5.41) is 10.7. The SMILES string of the molecule is COc1ccc(C(O)N2CCN(C/C=C/c3ccccc3)CC2)cc1OC. The van der Waals surface area contributed by atoms with Gasteiger partial charge < -0.3 is 14.6 Å². The van der Waals surface area contributed by atoms with Crippen molar-refractivity contribution in [2.45, 2.75) is 6.23 Å². The monoisotopic (exact) mass is 368 g/mol. The summed E-state index contributed by atoms with van der Waals surface area (Å²) in [5.41, 5.74) is 2.05. The normalized spacial score (nSPS) is 17.1. The van der Waals surface area contributed by atoms with Gasteiger partial charge in [0.05, 0.1) is 14.2 Å². The van der Waals surface area contributed by atoms with Gasteiger partial charge in [0, 0.05) is 32.7 Å². The zero-order valence-corrected chi connectivity index (χ0v) is 16.0. The first kappa shape index (κ1) is 19.4. The summed E-state index contributed by atoms with van der Waals surface area (Å²) in [6, 6.07) is 15.9. The molecular weight excluding hydrogens is 340 g/mol. The molecular formula is C22H28N2O3. The topological polar surface area (TPSA) is 45.2 Å². The molecule has 2 aromatic rings. The Hall–Kier alpha value is -2.34. The van der Waals surface area contributed by atoms with Crippen molar-refractivity contribution in [3.8, 4) is 11.5 Å². The van der Waals surface area contributed by atoms with E-state index in [0.717, 1.165) is 38.3 Å². The first-order valence-corrected chi connectivity index (χ1v) is 9.29. The van der Waals surface area contributed by atoms with Crippen molar-refractivity contribution >= 4 is 6.08 Å². The zero-order chi connectivity index (χ0) is 19.1. The first-order chi connectivity index (χ1) is 13.2. The molecule has 0 aromatic heterocycles. The van der Waals surface area contributed by atoms with Crippen LogP contribution in [-0.4, -0.2) is 61.8 Å². The van der Waals surface area contributed by atoms with Gasteiger partial charge in [-0.05, 0) is 23.3 Å². The fourth-order valence-electron chi connectivity index (χ4n) is 3.32. The van der Waals surface area contributed by atoms with Crippen molar-refractivity contribution in [1.82, 2.24) is 9.80 Å². The highest BCUT2D eigenvalue weighted by atomic mass is 16.5. The van der Waals surface area contributed by atoms with Crippen LogP contribution >= 0.6 is 0 Å². The molecule has 1 atom stereocenters. The molecule has 1 aliphatic heterocycles. The lowest BCUT2D eigenvalue weighted by atomic mass is 10.1. The van der Waals surface area contributed by atoms with E-state index in [0.29, 0.717) is 11.5 Å². The highest BCUT2D eigenvalue weighted by Crippen LogP contribution is 2.31. The molecule has 27 heavy (non-hydrogen) atoms. The summed E-state index contributed by atoms with van der Waals surface area (Å²) in [6.45, 7) is 4.45. The molecule has 0 bridgehead atoms. The Morgan fingerprint density at radius 2 is 1.67 bits per heavy atom. The van der Waals surface area contributed by atoms with Crippen molar-refractivity contribution in [3.05, 3.63) is 65.7 Å². The Morgan fingerprint density at radius 1 is 0.963 bits per heavy atom. The third kappa shape index (κ3) is 5.10. The van der Waals surface area contributed by atoms with Gasteiger partial charge in [-0.1, -0.05) is 48.6 Å². The average molecular weight is 368 g/mol. The van der Waals surface area contributed by atoms with Gasteiger partial charge in [0.15, 0.2) is 11.5 Å². The maximum atomic E-state index is 10.7. The third-order valence-electron chi connectivity index (χ3n) is 4.93. The number of aliphatic hydroxyl groups is 1. The summed E-state index contributed by atoms with van der Waals surface area (Å²) in [5.74, 6) is 1.31. The Labute approximate surface area is 161 Å². The van der Waals surface area contributed by atoms with Gasteiger partial charge in [-0.3, -0.25) is 9.80 Å². The second-order valence-electron chi connectivity index (χ2n) is 6.64. The molecule has 1 heterocycles. The van der Waals surface area contributed by atoms with Crippen LogP contribution in [0.1, 0.15) is 17.4 Å². The molecule has 2 aromatic carbocycles. The number of methoxy groups -OCH3 is 2. The molecule has 0 amide bonds. The maximum Gasteiger partial charge on any atom is 0.161 e. The lowest BCUT2D eigenvalue weighted by molar-refractivity contribution is -0.0255. The van der Waals surface area contributed by atoms with Crippen LogP contribution < -0.4 is 9.47 Å². The zero-order valence-electron chi connectivity index (χ0n) is 16.0. The molecule has 1 fully saturated rings. The van der Waals surface area contributed by atoms with E-state index in [1.165, 1.54) is 5.56 Å². The van der Waals surface area contributed by atoms with Crippen molar-refractivity contribution in [1.29, 1.82) is 0 Å². The number of ether oxygens (including phenoxy) is 2. The third-order valence-corrected chi connectivity index (χ3v) is 4.93. The van der Waals surface area contributed by atoms with Crippen LogP contribution in [0.4, 0.5) is 0 Å². The van der Waals surface area contributed by atoms with E-state index in [4.69, 9.17) is 9.47 Å². The van der Waals surface area contributed by atoms with Gasteiger partial charge in [-0.15, -0.1) is 0 Å². The predicted molar refractivity (Wildman–Crippen MR) is 108 cm³/mol. The highest BCUT2D eigenvalue weighted by Gasteiger charge is 2.23. The van der Waals surface area contributed by atoms with Gasteiger partial charge >= 0.3 is 0 Å². The Kier molecular flexibility index (Phi) is 6.87. The van der Waals surface area contributed by atoms with E-state index in [1.807, 2.05) is 36.4 Å². The molecule has 1 aliphatic rings. The smallest absolute Gasteiger partial charge is 0.161 e. The van der Waals surface area contributed by atoms with Crippen LogP contribution in [0, 0.1) is 0 Å². The second kappa shape index (κ2) is 9.55. The Bertz CT molecular complexity index is 740. The number of hydrogen-bond acceptors (Lipinski definition) is 5. The van der Waals surface area contributed by atoms with Gasteiger partial charge in [-0.2, -0.15) is 0 Å². The first-order valence-electron chi connectivity index (χ1n) is 9.29. The molecule has 0 saturated carbocycles. The van der Waals surface area contributed by atoms with E-state index in [9.17, 15) is 5.11 Å². The summed E-state index contributed by atoms with van der Waals surface area (Å²) in [6.07, 6.45) is 3.73. The molecule has 0 spiro atoms. The number of benzene rings is 2. The summed E-state index contributed by atoms with van der Waals surface area (Å²) in [4.78, 5) is 4.50. The molecule has 3 rings (SSSR count). The largest absolute Gasteiger partial charge is 0.493 e. The Balaban J connectivity index is 1.52. The molecule has 0 aliphatic carbocycles. The summed E-state index contributed by atoms with van der Waals surface area (Å²) < 4.78 is 10.6. The molecule has 0 radical (unpaired) electrons. The van der Waals surface area contributed by atoms with Crippen LogP contribution in [-0.2, 0) is 0 Å². The fourth-order valence-corrected chi connectivity index (χ4v) is 3.32. The lowest BCUT2D eigenvalue weighted by Gasteiger charge is -2.37. The van der Waals surface area contributed by atoms with Crippen molar-refractivity contribution < 1.29 is 14.6 Å².